The van der Waals surface area contributed by atoms with E-state index < -0.39 is 0 Å². The van der Waals surface area contributed by atoms with E-state index in [1.807, 2.05) is 30.3 Å². The number of hydrogen-bond donors (Lipinski definition) is 2. The predicted octanol–water partition coefficient (Wildman–Crippen LogP) is 8.01. The summed E-state index contributed by atoms with van der Waals surface area (Å²) in [5.41, 5.74) is 1.48. The zero-order chi connectivity index (χ0) is 19.1. The predicted molar refractivity (Wildman–Crippen MR) is 123 cm³/mol. The van der Waals surface area contributed by atoms with Crippen LogP contribution in [0.5, 0.6) is 11.5 Å². The lowest BCUT2D eigenvalue weighted by Crippen LogP contribution is -1.80. The third kappa shape index (κ3) is 3.18. The molecule has 2 N–H and O–H groups in total. The smallest absolute Gasteiger partial charge is 0.127 e. The van der Waals surface area contributed by atoms with Gasteiger partial charge in [0.2, 0.25) is 0 Å². The molecule has 0 bridgehead atoms. The monoisotopic (exact) mass is 438 g/mol. The molecule has 0 saturated carbocycles. The van der Waals surface area contributed by atoms with Gasteiger partial charge in [0.15, 0.2) is 0 Å². The summed E-state index contributed by atoms with van der Waals surface area (Å²) in [4.78, 5) is 6.75. The number of aromatic hydroxyl groups is 2. The molecule has 0 aliphatic carbocycles. The molecule has 0 aliphatic rings. The molecule has 0 aliphatic heterocycles. The fourth-order valence-corrected chi connectivity index (χ4v) is 6.77. The maximum absolute atomic E-state index is 10.5. The van der Waals surface area contributed by atoms with E-state index in [9.17, 15) is 10.2 Å². The first kappa shape index (κ1) is 17.7. The molecule has 2 nitrogen and oxygen atoms in total. The van der Waals surface area contributed by atoms with Gasteiger partial charge in [-0.3, -0.25) is 0 Å². The Morgan fingerprint density at radius 3 is 1.39 bits per heavy atom. The van der Waals surface area contributed by atoms with Crippen molar-refractivity contribution in [1.82, 2.24) is 0 Å². The largest absolute Gasteiger partial charge is 0.507 e. The molecule has 0 unspecified atom stereocenters. The first-order valence-corrected chi connectivity index (χ1v) is 11.9. The van der Waals surface area contributed by atoms with Crippen molar-refractivity contribution in [3.05, 3.63) is 71.4 Å². The Hall–Kier alpha value is -2.38. The van der Waals surface area contributed by atoms with Gasteiger partial charge in [-0.15, -0.1) is 45.3 Å². The van der Waals surface area contributed by atoms with Crippen molar-refractivity contribution >= 4 is 45.3 Å². The van der Waals surface area contributed by atoms with Crippen LogP contribution in [0, 0.1) is 0 Å². The lowest BCUT2D eigenvalue weighted by atomic mass is 10.1. The normalized spacial score (nSPS) is 11.1. The van der Waals surface area contributed by atoms with Crippen LogP contribution in [0.4, 0.5) is 0 Å². The molecule has 28 heavy (non-hydrogen) atoms. The van der Waals surface area contributed by atoms with Gasteiger partial charge in [0, 0.05) is 46.5 Å². The van der Waals surface area contributed by atoms with E-state index in [0.29, 0.717) is 0 Å². The molecule has 6 heteroatoms. The first-order valence-electron chi connectivity index (χ1n) is 8.53. The van der Waals surface area contributed by atoms with E-state index >= 15 is 0 Å². The van der Waals surface area contributed by atoms with E-state index in [4.69, 9.17) is 0 Å². The van der Waals surface area contributed by atoms with E-state index in [2.05, 4.69) is 35.0 Å². The van der Waals surface area contributed by atoms with Gasteiger partial charge in [-0.2, -0.15) is 0 Å². The van der Waals surface area contributed by atoms with Crippen molar-refractivity contribution in [3.8, 4) is 51.9 Å². The maximum Gasteiger partial charge on any atom is 0.127 e. The van der Waals surface area contributed by atoms with Crippen molar-refractivity contribution in [2.45, 2.75) is 0 Å². The van der Waals surface area contributed by atoms with E-state index in [1.165, 1.54) is 25.6 Å². The van der Waals surface area contributed by atoms with E-state index in [0.717, 1.165) is 20.9 Å². The topological polar surface area (TPSA) is 40.5 Å². The number of phenolic OH excluding ortho intramolecular Hbond substituents is 2. The third-order valence-electron chi connectivity index (χ3n) is 4.38. The van der Waals surface area contributed by atoms with Gasteiger partial charge >= 0.3 is 0 Å². The number of phenols is 2. The molecule has 1 aromatic carbocycles. The van der Waals surface area contributed by atoms with Crippen LogP contribution in [-0.4, -0.2) is 10.2 Å². The average Bonchev–Trinajstić information content (AvgIpc) is 3.49. The average molecular weight is 439 g/mol. The number of rotatable bonds is 4. The SMILES string of the molecule is Oc1cc(O)c(-c2ccc(-c3cccs3)s2)cc1-c1ccc(-c2cccs2)s1. The molecule has 138 valence electrons. The quantitative estimate of drug-likeness (QED) is 0.298. The highest BCUT2D eigenvalue weighted by Gasteiger charge is 2.16. The lowest BCUT2D eigenvalue weighted by molar-refractivity contribution is 0.453. The zero-order valence-corrected chi connectivity index (χ0v) is 17.7. The summed E-state index contributed by atoms with van der Waals surface area (Å²) in [5.74, 6) is 0.187. The van der Waals surface area contributed by atoms with Crippen LogP contribution < -0.4 is 0 Å². The molecule has 4 heterocycles. The molecule has 4 aromatic heterocycles. The summed E-state index contributed by atoms with van der Waals surface area (Å²) in [6.07, 6.45) is 0. The summed E-state index contributed by atoms with van der Waals surface area (Å²) in [6.45, 7) is 0. The summed E-state index contributed by atoms with van der Waals surface area (Å²) in [7, 11) is 0. The summed E-state index contributed by atoms with van der Waals surface area (Å²) in [6, 6.07) is 19.8. The molecule has 0 saturated heterocycles. The van der Waals surface area contributed by atoms with Crippen LogP contribution >= 0.6 is 45.3 Å². The van der Waals surface area contributed by atoms with Crippen molar-refractivity contribution in [1.29, 1.82) is 0 Å². The van der Waals surface area contributed by atoms with E-state index in [1.54, 1.807) is 45.3 Å². The molecular weight excluding hydrogens is 425 g/mol. The Labute approximate surface area is 178 Å². The minimum absolute atomic E-state index is 0.0934. The molecule has 5 rings (SSSR count). The standard InChI is InChI=1S/C22H14O2S4/c23-15-12-16(24)14(18-6-8-22(28-18)20-4-2-10-26-20)11-13(15)17-5-7-21(27-17)19-3-1-9-25-19/h1-12,23-24H. The fraction of sp³-hybridized carbons (Fsp3) is 0. The highest BCUT2D eigenvalue weighted by atomic mass is 32.1. The van der Waals surface area contributed by atoms with Crippen LogP contribution in [-0.2, 0) is 0 Å². The van der Waals surface area contributed by atoms with Crippen LogP contribution in [0.25, 0.3) is 40.4 Å². The zero-order valence-electron chi connectivity index (χ0n) is 14.5. The Morgan fingerprint density at radius 2 is 0.964 bits per heavy atom. The number of benzene rings is 1. The van der Waals surface area contributed by atoms with Crippen LogP contribution in [0.1, 0.15) is 0 Å². The summed E-state index contributed by atoms with van der Waals surface area (Å²) >= 11 is 6.70. The highest BCUT2D eigenvalue weighted by molar-refractivity contribution is 7.24. The first-order chi connectivity index (χ1) is 13.7. The van der Waals surface area contributed by atoms with Gasteiger partial charge in [0.1, 0.15) is 11.5 Å². The molecular formula is C22H14O2S4. The van der Waals surface area contributed by atoms with Crippen LogP contribution in [0.3, 0.4) is 0 Å². The molecule has 5 aromatic rings. The highest BCUT2D eigenvalue weighted by Crippen LogP contribution is 2.46. The van der Waals surface area contributed by atoms with Crippen LogP contribution in [0.15, 0.2) is 71.4 Å². The Kier molecular flexibility index (Phi) is 4.56. The Morgan fingerprint density at radius 1 is 0.500 bits per heavy atom. The van der Waals surface area contributed by atoms with Crippen molar-refractivity contribution in [2.24, 2.45) is 0 Å². The fourth-order valence-electron chi connectivity index (χ4n) is 3.04. The minimum atomic E-state index is 0.0934. The third-order valence-corrected chi connectivity index (χ3v) is 8.75. The van der Waals surface area contributed by atoms with Crippen molar-refractivity contribution in [3.63, 3.8) is 0 Å². The Bertz CT molecular complexity index is 1130. The second-order valence-electron chi connectivity index (χ2n) is 6.17. The molecule has 0 atom stereocenters. The second kappa shape index (κ2) is 7.22. The van der Waals surface area contributed by atoms with Gasteiger partial charge in [-0.05, 0) is 53.2 Å². The molecule has 0 spiro atoms. The summed E-state index contributed by atoms with van der Waals surface area (Å²) in [5, 5.41) is 25.1. The number of thiophene rings is 4. The van der Waals surface area contributed by atoms with Crippen molar-refractivity contribution in [2.75, 3.05) is 0 Å². The lowest BCUT2D eigenvalue weighted by Gasteiger charge is -2.08. The second-order valence-corrected chi connectivity index (χ2v) is 10.2. The maximum atomic E-state index is 10.5. The molecule has 0 amide bonds. The van der Waals surface area contributed by atoms with E-state index in [-0.39, 0.29) is 11.5 Å². The van der Waals surface area contributed by atoms with Gasteiger partial charge in [-0.25, -0.2) is 0 Å². The van der Waals surface area contributed by atoms with Gasteiger partial charge < -0.3 is 10.2 Å². The molecule has 0 radical (unpaired) electrons. The summed E-state index contributed by atoms with van der Waals surface area (Å²) < 4.78 is 0. The van der Waals surface area contributed by atoms with Crippen LogP contribution in [0.2, 0.25) is 0 Å². The van der Waals surface area contributed by atoms with Gasteiger partial charge in [-0.1, -0.05) is 12.1 Å². The van der Waals surface area contributed by atoms with Gasteiger partial charge in [0.25, 0.3) is 0 Å². The van der Waals surface area contributed by atoms with Crippen molar-refractivity contribution < 1.29 is 10.2 Å². The number of hydrogen-bond acceptors (Lipinski definition) is 6. The van der Waals surface area contributed by atoms with Gasteiger partial charge in [0.05, 0.1) is 0 Å². The molecule has 0 fully saturated rings. The Balaban J connectivity index is 1.56. The minimum Gasteiger partial charge on any atom is -0.507 e.